The summed E-state index contributed by atoms with van der Waals surface area (Å²) in [4.78, 5) is 5.83. The fourth-order valence-electron chi connectivity index (χ4n) is 1.68. The highest BCUT2D eigenvalue weighted by Crippen LogP contribution is 2.27. The number of hydrogen-bond acceptors (Lipinski definition) is 3. The maximum Gasteiger partial charge on any atom is 0.206 e. The molecule has 1 unspecified atom stereocenters. The van der Waals surface area contributed by atoms with E-state index in [1.807, 2.05) is 0 Å². The van der Waals surface area contributed by atoms with E-state index < -0.39 is 0 Å². The van der Waals surface area contributed by atoms with Gasteiger partial charge in [-0.25, -0.2) is 10.8 Å². The van der Waals surface area contributed by atoms with Crippen molar-refractivity contribution in [2.24, 2.45) is 16.8 Å². The number of guanidine groups is 1. The molecule has 0 radical (unpaired) electrons. The Balaban J connectivity index is 2.06. The van der Waals surface area contributed by atoms with Gasteiger partial charge in [0.25, 0.3) is 0 Å². The standard InChI is InChI=1S/C12H20N4S/c1-8(2)11(10-4-3-7-17-10)15-12(16-13)14-9-5-6-9/h3-4,7-9,11H,5-6,13H2,1-2H3,(H2,14,15,16). The molecule has 1 aromatic heterocycles. The Labute approximate surface area is 106 Å². The van der Waals surface area contributed by atoms with Crippen LogP contribution in [0.4, 0.5) is 0 Å². The highest BCUT2D eigenvalue weighted by atomic mass is 32.1. The quantitative estimate of drug-likeness (QED) is 0.332. The first-order chi connectivity index (χ1) is 8.20. The molecule has 0 saturated heterocycles. The summed E-state index contributed by atoms with van der Waals surface area (Å²) < 4.78 is 0. The lowest BCUT2D eigenvalue weighted by Crippen LogP contribution is -2.44. The molecule has 5 heteroatoms. The van der Waals surface area contributed by atoms with Gasteiger partial charge in [-0.2, -0.15) is 0 Å². The van der Waals surface area contributed by atoms with Crippen LogP contribution in [0, 0.1) is 5.92 Å². The summed E-state index contributed by atoms with van der Waals surface area (Å²) in [6.45, 7) is 4.39. The molecular formula is C12H20N4S. The van der Waals surface area contributed by atoms with Gasteiger partial charge in [-0.1, -0.05) is 19.9 Å². The Hall–Kier alpha value is -1.07. The minimum absolute atomic E-state index is 0.267. The third-order valence-corrected chi connectivity index (χ3v) is 3.76. The Morgan fingerprint density at radius 2 is 2.29 bits per heavy atom. The molecule has 0 aromatic carbocycles. The van der Waals surface area contributed by atoms with Crippen LogP contribution in [0.1, 0.15) is 37.6 Å². The van der Waals surface area contributed by atoms with Crippen LogP contribution in [0.25, 0.3) is 0 Å². The van der Waals surface area contributed by atoms with Crippen LogP contribution < -0.4 is 16.6 Å². The molecule has 1 heterocycles. The number of hydrazine groups is 1. The summed E-state index contributed by atoms with van der Waals surface area (Å²) in [5.41, 5.74) is 2.66. The molecule has 1 atom stereocenters. The number of nitrogens with zero attached hydrogens (tertiary/aromatic N) is 1. The number of nitrogens with one attached hydrogen (secondary N) is 2. The average molecular weight is 252 g/mol. The summed E-state index contributed by atoms with van der Waals surface area (Å²) in [6.07, 6.45) is 2.36. The van der Waals surface area contributed by atoms with Crippen LogP contribution in [0.15, 0.2) is 22.5 Å². The van der Waals surface area contributed by atoms with E-state index in [9.17, 15) is 0 Å². The smallest absolute Gasteiger partial charge is 0.206 e. The third kappa shape index (κ3) is 3.44. The van der Waals surface area contributed by atoms with Gasteiger partial charge in [0, 0.05) is 4.88 Å². The highest BCUT2D eigenvalue weighted by Gasteiger charge is 2.23. The van der Waals surface area contributed by atoms with E-state index in [1.165, 1.54) is 17.7 Å². The predicted octanol–water partition coefficient (Wildman–Crippen LogP) is 2.02. The summed E-state index contributed by atoms with van der Waals surface area (Å²) >= 11 is 1.76. The molecule has 4 N–H and O–H groups in total. The second-order valence-corrected chi connectivity index (χ2v) is 5.71. The van der Waals surface area contributed by atoms with Gasteiger partial charge in [0.2, 0.25) is 5.96 Å². The molecule has 94 valence electrons. The molecule has 0 bridgehead atoms. The van der Waals surface area contributed by atoms with Crippen molar-refractivity contribution in [3.05, 3.63) is 22.4 Å². The number of aliphatic imine (C=N–C) groups is 1. The molecule has 2 rings (SSSR count). The van der Waals surface area contributed by atoms with Gasteiger partial charge in [0.15, 0.2) is 0 Å². The summed E-state index contributed by atoms with van der Waals surface area (Å²) in [6, 6.07) is 4.95. The highest BCUT2D eigenvalue weighted by molar-refractivity contribution is 7.10. The molecule has 17 heavy (non-hydrogen) atoms. The minimum Gasteiger partial charge on any atom is -0.347 e. The van der Waals surface area contributed by atoms with Crippen LogP contribution in [0.2, 0.25) is 0 Å². The fraction of sp³-hybridized carbons (Fsp3) is 0.583. The topological polar surface area (TPSA) is 62.4 Å². The number of hydrogen-bond donors (Lipinski definition) is 3. The van der Waals surface area contributed by atoms with Crippen LogP contribution >= 0.6 is 11.3 Å². The van der Waals surface area contributed by atoms with Gasteiger partial charge in [0.05, 0.1) is 12.1 Å². The normalized spacial score (nSPS) is 18.2. The summed E-state index contributed by atoms with van der Waals surface area (Å²) in [5.74, 6) is 6.71. The second-order valence-electron chi connectivity index (χ2n) is 4.73. The Morgan fingerprint density at radius 1 is 1.53 bits per heavy atom. The van der Waals surface area contributed by atoms with Crippen molar-refractivity contribution in [2.75, 3.05) is 0 Å². The van der Waals surface area contributed by atoms with Gasteiger partial charge >= 0.3 is 0 Å². The van der Waals surface area contributed by atoms with Gasteiger partial charge in [-0.15, -0.1) is 11.3 Å². The summed E-state index contributed by atoms with van der Waals surface area (Å²) in [5, 5.41) is 5.50. The molecule has 1 saturated carbocycles. The molecule has 1 aliphatic rings. The zero-order valence-electron chi connectivity index (χ0n) is 10.3. The molecule has 1 fully saturated rings. The first-order valence-electron chi connectivity index (χ1n) is 6.05. The minimum atomic E-state index is 0.267. The van der Waals surface area contributed by atoms with Crippen molar-refractivity contribution in [3.63, 3.8) is 0 Å². The fourth-order valence-corrected chi connectivity index (χ4v) is 2.63. The van der Waals surface area contributed by atoms with Crippen molar-refractivity contribution < 1.29 is 0 Å². The molecule has 0 aliphatic heterocycles. The van der Waals surface area contributed by atoms with Crippen molar-refractivity contribution in [2.45, 2.75) is 38.8 Å². The molecule has 0 amide bonds. The monoisotopic (exact) mass is 252 g/mol. The lowest BCUT2D eigenvalue weighted by Gasteiger charge is -2.23. The summed E-state index contributed by atoms with van der Waals surface area (Å²) in [7, 11) is 0. The van der Waals surface area contributed by atoms with Crippen LogP contribution in [-0.4, -0.2) is 12.0 Å². The SMILES string of the molecule is CC(C)C(NC(=NC1CC1)NN)c1cccs1. The van der Waals surface area contributed by atoms with Gasteiger partial charge in [0.1, 0.15) is 0 Å². The maximum absolute atomic E-state index is 5.51. The molecule has 4 nitrogen and oxygen atoms in total. The average Bonchev–Trinajstić information content (AvgIpc) is 2.95. The van der Waals surface area contributed by atoms with E-state index in [-0.39, 0.29) is 6.04 Å². The Bertz CT molecular complexity index is 368. The van der Waals surface area contributed by atoms with E-state index in [0.29, 0.717) is 17.9 Å². The van der Waals surface area contributed by atoms with Crippen molar-refractivity contribution in [3.8, 4) is 0 Å². The predicted molar refractivity (Wildman–Crippen MR) is 72.8 cm³/mol. The zero-order chi connectivity index (χ0) is 12.3. The van der Waals surface area contributed by atoms with Crippen LogP contribution in [0.3, 0.4) is 0 Å². The van der Waals surface area contributed by atoms with Gasteiger partial charge in [-0.05, 0) is 30.2 Å². The van der Waals surface area contributed by atoms with Gasteiger partial charge < -0.3 is 5.32 Å². The first-order valence-corrected chi connectivity index (χ1v) is 6.93. The van der Waals surface area contributed by atoms with E-state index in [4.69, 9.17) is 5.84 Å². The molecule has 1 aromatic rings. The van der Waals surface area contributed by atoms with E-state index >= 15 is 0 Å². The lowest BCUT2D eigenvalue weighted by molar-refractivity contribution is 0.472. The Kier molecular flexibility index (Phi) is 4.02. The van der Waals surface area contributed by atoms with E-state index in [2.05, 4.69) is 47.1 Å². The molecular weight excluding hydrogens is 232 g/mol. The number of rotatable bonds is 4. The number of thiophene rings is 1. The zero-order valence-corrected chi connectivity index (χ0v) is 11.1. The lowest BCUT2D eigenvalue weighted by atomic mass is 10.0. The number of nitrogens with two attached hydrogens (primary N) is 1. The van der Waals surface area contributed by atoms with Crippen molar-refractivity contribution in [1.29, 1.82) is 0 Å². The maximum atomic E-state index is 5.51. The van der Waals surface area contributed by atoms with Crippen molar-refractivity contribution in [1.82, 2.24) is 10.7 Å². The first kappa shape index (κ1) is 12.4. The van der Waals surface area contributed by atoms with Crippen LogP contribution in [-0.2, 0) is 0 Å². The van der Waals surface area contributed by atoms with Crippen molar-refractivity contribution >= 4 is 17.3 Å². The molecule has 0 spiro atoms. The van der Waals surface area contributed by atoms with E-state index in [0.717, 1.165) is 0 Å². The largest absolute Gasteiger partial charge is 0.347 e. The van der Waals surface area contributed by atoms with Gasteiger partial charge in [-0.3, -0.25) is 5.43 Å². The van der Waals surface area contributed by atoms with Crippen LogP contribution in [0.5, 0.6) is 0 Å². The third-order valence-electron chi connectivity index (χ3n) is 2.80. The second kappa shape index (κ2) is 5.51. The van der Waals surface area contributed by atoms with E-state index in [1.54, 1.807) is 11.3 Å². The molecule has 1 aliphatic carbocycles. The Morgan fingerprint density at radius 3 is 2.76 bits per heavy atom.